The van der Waals surface area contributed by atoms with Gasteiger partial charge >= 0.3 is 6.18 Å². The Morgan fingerprint density at radius 3 is 2.52 bits per heavy atom. The number of rotatable bonds is 5. The Bertz CT molecular complexity index is 1060. The first-order valence-electron chi connectivity index (χ1n) is 9.24. The molecule has 1 aromatic heterocycles. The number of allylic oxidation sites excluding steroid dienone is 3. The monoisotopic (exact) mass is 439 g/mol. The molecule has 1 aliphatic rings. The van der Waals surface area contributed by atoms with Crippen LogP contribution in [0.1, 0.15) is 35.8 Å². The maximum Gasteiger partial charge on any atom is 0.422 e. The number of amides is 1. The van der Waals surface area contributed by atoms with Crippen LogP contribution >= 0.6 is 0 Å². The number of benzene rings is 1. The average Bonchev–Trinajstić information content (AvgIpc) is 2.69. The van der Waals surface area contributed by atoms with E-state index in [-0.39, 0.29) is 17.0 Å². The van der Waals surface area contributed by atoms with Crippen molar-refractivity contribution >= 4 is 5.91 Å². The van der Waals surface area contributed by atoms with Gasteiger partial charge in [0.05, 0.1) is 28.8 Å². The average molecular weight is 439 g/mol. The van der Waals surface area contributed by atoms with Crippen molar-refractivity contribution in [2.45, 2.75) is 32.9 Å². The third-order valence-corrected chi connectivity index (χ3v) is 4.51. The zero-order valence-corrected chi connectivity index (χ0v) is 16.6. The van der Waals surface area contributed by atoms with Gasteiger partial charge in [0.25, 0.3) is 5.91 Å². The van der Waals surface area contributed by atoms with Crippen molar-refractivity contribution in [2.75, 3.05) is 6.61 Å². The Morgan fingerprint density at radius 2 is 1.90 bits per heavy atom. The molecule has 0 fully saturated rings. The summed E-state index contributed by atoms with van der Waals surface area (Å²) < 4.78 is 71.8. The van der Waals surface area contributed by atoms with E-state index in [1.54, 1.807) is 13.8 Å². The van der Waals surface area contributed by atoms with E-state index in [2.05, 4.69) is 15.3 Å². The molecule has 164 valence electrons. The lowest BCUT2D eigenvalue weighted by atomic mass is 10.0. The van der Waals surface area contributed by atoms with E-state index >= 15 is 0 Å². The van der Waals surface area contributed by atoms with Crippen LogP contribution < -0.4 is 10.1 Å². The van der Waals surface area contributed by atoms with Crippen LogP contribution in [0.5, 0.6) is 5.75 Å². The van der Waals surface area contributed by atoms with E-state index in [0.717, 1.165) is 12.1 Å². The molecule has 1 aromatic carbocycles. The van der Waals surface area contributed by atoms with Gasteiger partial charge < -0.3 is 10.1 Å². The maximum absolute atomic E-state index is 14.8. The van der Waals surface area contributed by atoms with Crippen molar-refractivity contribution in [3.05, 3.63) is 64.8 Å². The SMILES string of the molecule is CC1=C(NC(=O)c2cc(F)c(-c3cnc(C)cn3)cc2OCC(F)(F)F)C(F)=CCC1. The van der Waals surface area contributed by atoms with Crippen LogP contribution in [0.4, 0.5) is 22.0 Å². The summed E-state index contributed by atoms with van der Waals surface area (Å²) in [7, 11) is 0. The molecule has 1 amide bonds. The van der Waals surface area contributed by atoms with E-state index in [1.165, 1.54) is 18.5 Å². The zero-order valence-electron chi connectivity index (χ0n) is 16.6. The number of hydrogen-bond acceptors (Lipinski definition) is 4. The minimum absolute atomic E-state index is 0.0479. The molecule has 0 unspecified atom stereocenters. The number of aryl methyl sites for hydroxylation is 1. The predicted molar refractivity (Wildman–Crippen MR) is 102 cm³/mol. The second-order valence-electron chi connectivity index (χ2n) is 6.98. The highest BCUT2D eigenvalue weighted by Crippen LogP contribution is 2.32. The van der Waals surface area contributed by atoms with E-state index in [1.807, 2.05) is 0 Å². The Morgan fingerprint density at radius 1 is 1.16 bits per heavy atom. The highest BCUT2D eigenvalue weighted by molar-refractivity contribution is 5.99. The standard InChI is InChI=1S/C21H18F5N3O2/c1-11-4-3-5-15(22)19(11)29-20(30)14-6-16(23)13(17-9-27-12(2)8-28-17)7-18(14)31-10-21(24,25)26/h5-9H,3-4,10H2,1-2H3,(H,29,30). The van der Waals surface area contributed by atoms with Crippen molar-refractivity contribution in [1.82, 2.24) is 15.3 Å². The third kappa shape index (κ3) is 5.44. The summed E-state index contributed by atoms with van der Waals surface area (Å²) in [6, 6.07) is 1.68. The molecule has 1 N–H and O–H groups in total. The van der Waals surface area contributed by atoms with Gasteiger partial charge in [-0.1, -0.05) is 0 Å². The van der Waals surface area contributed by atoms with E-state index in [4.69, 9.17) is 4.74 Å². The molecule has 1 aliphatic carbocycles. The third-order valence-electron chi connectivity index (χ3n) is 4.51. The quantitative estimate of drug-likeness (QED) is 0.652. The van der Waals surface area contributed by atoms with Crippen LogP contribution in [0.2, 0.25) is 0 Å². The lowest BCUT2D eigenvalue weighted by Gasteiger charge is -2.18. The Kier molecular flexibility index (Phi) is 6.37. The molecule has 5 nitrogen and oxygen atoms in total. The molecular formula is C21H18F5N3O2. The molecule has 2 aromatic rings. The number of halogens is 5. The Hall–Kier alpha value is -3.30. The number of carbonyl (C=O) groups is 1. The van der Waals surface area contributed by atoms with E-state index in [0.29, 0.717) is 24.1 Å². The maximum atomic E-state index is 14.8. The summed E-state index contributed by atoms with van der Waals surface area (Å²) in [6.45, 7) is 1.57. The normalized spacial score (nSPS) is 14.4. The summed E-state index contributed by atoms with van der Waals surface area (Å²) in [5.41, 5.74) is 0.362. The molecule has 3 rings (SSSR count). The van der Waals surface area contributed by atoms with Gasteiger partial charge in [-0.2, -0.15) is 13.2 Å². The molecule has 10 heteroatoms. The Labute approximate surface area is 174 Å². The van der Waals surface area contributed by atoms with Crippen LogP contribution in [-0.4, -0.2) is 28.7 Å². The van der Waals surface area contributed by atoms with Gasteiger partial charge in [0.2, 0.25) is 0 Å². The van der Waals surface area contributed by atoms with Crippen molar-refractivity contribution in [1.29, 1.82) is 0 Å². The molecule has 0 aliphatic heterocycles. The van der Waals surface area contributed by atoms with Gasteiger partial charge in [-0.05, 0) is 50.5 Å². The summed E-state index contributed by atoms with van der Waals surface area (Å²) >= 11 is 0. The van der Waals surface area contributed by atoms with Gasteiger partial charge in [0.15, 0.2) is 6.61 Å². The number of ether oxygens (including phenoxy) is 1. The summed E-state index contributed by atoms with van der Waals surface area (Å²) in [5, 5.41) is 2.31. The van der Waals surface area contributed by atoms with Crippen LogP contribution in [0.25, 0.3) is 11.3 Å². The molecule has 0 atom stereocenters. The number of aromatic nitrogens is 2. The summed E-state index contributed by atoms with van der Waals surface area (Å²) in [5.74, 6) is -3.11. The van der Waals surface area contributed by atoms with Crippen molar-refractivity contribution in [3.8, 4) is 17.0 Å². The van der Waals surface area contributed by atoms with Crippen LogP contribution in [0.3, 0.4) is 0 Å². The number of carbonyl (C=O) groups excluding carboxylic acids is 1. The topological polar surface area (TPSA) is 64.1 Å². The van der Waals surface area contributed by atoms with Crippen molar-refractivity contribution < 1.29 is 31.5 Å². The molecule has 0 spiro atoms. The van der Waals surface area contributed by atoms with Crippen molar-refractivity contribution in [3.63, 3.8) is 0 Å². The first-order chi connectivity index (χ1) is 14.5. The zero-order chi connectivity index (χ0) is 22.8. The molecule has 0 saturated heterocycles. The molecule has 0 bridgehead atoms. The number of nitrogens with one attached hydrogen (secondary N) is 1. The molecule has 1 heterocycles. The van der Waals surface area contributed by atoms with Crippen LogP contribution in [0, 0.1) is 12.7 Å². The van der Waals surface area contributed by atoms with Gasteiger partial charge in [-0.15, -0.1) is 0 Å². The van der Waals surface area contributed by atoms with E-state index < -0.39 is 41.6 Å². The molecule has 0 radical (unpaired) electrons. The minimum Gasteiger partial charge on any atom is -0.483 e. The van der Waals surface area contributed by atoms with E-state index in [9.17, 15) is 26.7 Å². The molecule has 0 saturated carbocycles. The molecule has 31 heavy (non-hydrogen) atoms. The minimum atomic E-state index is -4.69. The Balaban J connectivity index is 2.01. The number of hydrogen-bond donors (Lipinski definition) is 1. The predicted octanol–water partition coefficient (Wildman–Crippen LogP) is 5.18. The fourth-order valence-corrected chi connectivity index (χ4v) is 2.93. The first kappa shape index (κ1) is 22.4. The summed E-state index contributed by atoms with van der Waals surface area (Å²) in [6.07, 6.45) is 0.154. The number of alkyl halides is 3. The lowest BCUT2D eigenvalue weighted by molar-refractivity contribution is -0.153. The molecular weight excluding hydrogens is 421 g/mol. The second kappa shape index (κ2) is 8.83. The fourth-order valence-electron chi connectivity index (χ4n) is 2.93. The van der Waals surface area contributed by atoms with Gasteiger partial charge in [-0.25, -0.2) is 8.78 Å². The second-order valence-corrected chi connectivity index (χ2v) is 6.98. The fraction of sp³-hybridized carbons (Fsp3) is 0.286. The number of nitrogens with zero attached hydrogens (tertiary/aromatic N) is 2. The van der Waals surface area contributed by atoms with Crippen molar-refractivity contribution in [2.24, 2.45) is 0 Å². The highest BCUT2D eigenvalue weighted by Gasteiger charge is 2.30. The lowest BCUT2D eigenvalue weighted by Crippen LogP contribution is -2.27. The summed E-state index contributed by atoms with van der Waals surface area (Å²) in [4.78, 5) is 20.7. The van der Waals surface area contributed by atoms with Gasteiger partial charge in [0.1, 0.15) is 17.4 Å². The van der Waals surface area contributed by atoms with Gasteiger partial charge in [-0.3, -0.25) is 14.8 Å². The first-order valence-corrected chi connectivity index (χ1v) is 9.24. The smallest absolute Gasteiger partial charge is 0.422 e. The largest absolute Gasteiger partial charge is 0.483 e. The van der Waals surface area contributed by atoms with Gasteiger partial charge in [0, 0.05) is 11.8 Å². The van der Waals surface area contributed by atoms with Crippen LogP contribution in [-0.2, 0) is 0 Å². The highest BCUT2D eigenvalue weighted by atomic mass is 19.4. The van der Waals surface area contributed by atoms with Crippen LogP contribution in [0.15, 0.2) is 47.7 Å².